The molecule has 0 bridgehead atoms. The summed E-state index contributed by atoms with van der Waals surface area (Å²) in [6.45, 7) is 7.35. The van der Waals surface area contributed by atoms with Gasteiger partial charge in [0.2, 0.25) is 0 Å². The lowest BCUT2D eigenvalue weighted by Gasteiger charge is -2.15. The fourth-order valence-corrected chi connectivity index (χ4v) is 2.34. The number of hydrogen-bond donors (Lipinski definition) is 2. The lowest BCUT2D eigenvalue weighted by atomic mass is 10.1. The molecule has 0 aliphatic rings. The number of aromatic amines is 1. The van der Waals surface area contributed by atoms with Gasteiger partial charge >= 0.3 is 0 Å². The van der Waals surface area contributed by atoms with Crippen LogP contribution in [0.1, 0.15) is 36.5 Å². The summed E-state index contributed by atoms with van der Waals surface area (Å²) in [5.41, 5.74) is 1.45. The summed E-state index contributed by atoms with van der Waals surface area (Å²) in [7, 11) is 0. The molecule has 20 heavy (non-hydrogen) atoms. The molecule has 0 aliphatic carbocycles. The van der Waals surface area contributed by atoms with Crippen molar-refractivity contribution in [3.05, 3.63) is 45.9 Å². The molecule has 0 saturated carbocycles. The first-order valence-electron chi connectivity index (χ1n) is 6.86. The zero-order valence-corrected chi connectivity index (χ0v) is 12.2. The van der Waals surface area contributed by atoms with E-state index in [4.69, 9.17) is 0 Å². The molecule has 0 fully saturated rings. The van der Waals surface area contributed by atoms with Crippen molar-refractivity contribution in [1.82, 2.24) is 25.1 Å². The fraction of sp³-hybridized carbons (Fsp3) is 0.500. The van der Waals surface area contributed by atoms with Crippen LogP contribution in [0.4, 0.5) is 0 Å². The second-order valence-corrected chi connectivity index (χ2v) is 4.95. The minimum atomic E-state index is -0.0536. The van der Waals surface area contributed by atoms with E-state index in [9.17, 15) is 4.79 Å². The Balaban J connectivity index is 1.89. The zero-order chi connectivity index (χ0) is 14.5. The lowest BCUT2D eigenvalue weighted by Crippen LogP contribution is -2.29. The summed E-state index contributed by atoms with van der Waals surface area (Å²) >= 11 is 0. The van der Waals surface area contributed by atoms with Gasteiger partial charge in [-0.05, 0) is 39.8 Å². The highest BCUT2D eigenvalue weighted by Crippen LogP contribution is 2.10. The van der Waals surface area contributed by atoms with Crippen molar-refractivity contribution in [1.29, 1.82) is 0 Å². The number of aryl methyl sites for hydroxylation is 3. The van der Waals surface area contributed by atoms with E-state index in [0.717, 1.165) is 30.8 Å². The molecule has 0 spiro atoms. The summed E-state index contributed by atoms with van der Waals surface area (Å²) in [5.74, 6) is 0.655. The van der Waals surface area contributed by atoms with E-state index in [0.29, 0.717) is 5.82 Å². The van der Waals surface area contributed by atoms with Crippen LogP contribution >= 0.6 is 0 Å². The summed E-state index contributed by atoms with van der Waals surface area (Å²) < 4.78 is 1.90. The third-order valence-electron chi connectivity index (χ3n) is 3.27. The van der Waals surface area contributed by atoms with Gasteiger partial charge in [0.1, 0.15) is 5.82 Å². The highest BCUT2D eigenvalue weighted by Gasteiger charge is 2.13. The van der Waals surface area contributed by atoms with Crippen LogP contribution < -0.4 is 10.9 Å². The third kappa shape index (κ3) is 3.54. The highest BCUT2D eigenvalue weighted by atomic mass is 16.1. The molecule has 0 aromatic carbocycles. The molecule has 6 nitrogen and oxygen atoms in total. The smallest absolute Gasteiger partial charge is 0.255 e. The van der Waals surface area contributed by atoms with Crippen LogP contribution in [-0.4, -0.2) is 26.3 Å². The number of nitrogens with one attached hydrogen (secondary N) is 2. The monoisotopic (exact) mass is 275 g/mol. The van der Waals surface area contributed by atoms with Crippen LogP contribution in [-0.2, 0) is 6.54 Å². The van der Waals surface area contributed by atoms with Gasteiger partial charge < -0.3 is 10.3 Å². The summed E-state index contributed by atoms with van der Waals surface area (Å²) in [5, 5.41) is 7.51. The van der Waals surface area contributed by atoms with Gasteiger partial charge in [-0.3, -0.25) is 9.48 Å². The first-order valence-corrected chi connectivity index (χ1v) is 6.86. The van der Waals surface area contributed by atoms with Crippen molar-refractivity contribution >= 4 is 0 Å². The van der Waals surface area contributed by atoms with Crippen LogP contribution in [0.2, 0.25) is 0 Å². The number of rotatable bonds is 6. The topological polar surface area (TPSA) is 75.6 Å². The maximum absolute atomic E-state index is 12.0. The standard InChI is InChI=1S/C14H21N5O/c1-10(13-11(2)17-12(3)18-14(13)20)15-6-4-8-19-9-5-7-16-19/h5,7,9-10,15H,4,6,8H2,1-3H3,(H,17,18,20). The molecule has 2 aromatic heterocycles. The first-order chi connectivity index (χ1) is 9.58. The Hall–Kier alpha value is -1.95. The first kappa shape index (κ1) is 14.5. The fourth-order valence-electron chi connectivity index (χ4n) is 2.34. The van der Waals surface area contributed by atoms with E-state index in [-0.39, 0.29) is 11.6 Å². The molecule has 0 saturated heterocycles. The van der Waals surface area contributed by atoms with Crippen LogP contribution in [0.3, 0.4) is 0 Å². The van der Waals surface area contributed by atoms with Gasteiger partial charge in [0.05, 0.1) is 5.56 Å². The molecule has 1 atom stereocenters. The van der Waals surface area contributed by atoms with E-state index < -0.39 is 0 Å². The zero-order valence-electron chi connectivity index (χ0n) is 12.2. The van der Waals surface area contributed by atoms with Crippen molar-refractivity contribution in [2.24, 2.45) is 0 Å². The number of H-pyrrole nitrogens is 1. The van der Waals surface area contributed by atoms with Crippen LogP contribution in [0.15, 0.2) is 23.3 Å². The SMILES string of the molecule is Cc1nc(C)c(C(C)NCCCn2cccn2)c(=O)[nH]1. The molecule has 2 heterocycles. The summed E-state index contributed by atoms with van der Waals surface area (Å²) in [4.78, 5) is 19.0. The van der Waals surface area contributed by atoms with Crippen molar-refractivity contribution in [2.75, 3.05) is 6.54 Å². The molecule has 0 radical (unpaired) electrons. The molecule has 6 heteroatoms. The molecule has 2 N–H and O–H groups in total. The van der Waals surface area contributed by atoms with E-state index in [1.165, 1.54) is 0 Å². The Morgan fingerprint density at radius 3 is 2.90 bits per heavy atom. The molecule has 108 valence electrons. The lowest BCUT2D eigenvalue weighted by molar-refractivity contribution is 0.502. The van der Waals surface area contributed by atoms with Gasteiger partial charge in [0.15, 0.2) is 0 Å². The van der Waals surface area contributed by atoms with E-state index in [2.05, 4.69) is 20.4 Å². The molecule has 2 rings (SSSR count). The summed E-state index contributed by atoms with van der Waals surface area (Å²) in [6.07, 6.45) is 4.68. The molecule has 2 aromatic rings. The second kappa shape index (κ2) is 6.47. The Kier molecular flexibility index (Phi) is 4.68. The van der Waals surface area contributed by atoms with Crippen molar-refractivity contribution in [3.63, 3.8) is 0 Å². The number of hydrogen-bond acceptors (Lipinski definition) is 4. The molecule has 0 amide bonds. The average Bonchev–Trinajstić information content (AvgIpc) is 2.86. The second-order valence-electron chi connectivity index (χ2n) is 4.95. The maximum Gasteiger partial charge on any atom is 0.255 e. The van der Waals surface area contributed by atoms with Gasteiger partial charge in [-0.25, -0.2) is 4.98 Å². The molecule has 1 unspecified atom stereocenters. The predicted molar refractivity (Wildman–Crippen MR) is 77.6 cm³/mol. The van der Waals surface area contributed by atoms with Gasteiger partial charge in [-0.2, -0.15) is 5.10 Å². The average molecular weight is 275 g/mol. The van der Waals surface area contributed by atoms with Crippen molar-refractivity contribution in [2.45, 2.75) is 39.8 Å². The highest BCUT2D eigenvalue weighted by molar-refractivity contribution is 5.19. The van der Waals surface area contributed by atoms with E-state index >= 15 is 0 Å². The van der Waals surface area contributed by atoms with E-state index in [1.54, 1.807) is 13.1 Å². The van der Waals surface area contributed by atoms with Crippen LogP contribution in [0, 0.1) is 13.8 Å². The normalized spacial score (nSPS) is 12.6. The number of nitrogens with zero attached hydrogens (tertiary/aromatic N) is 3. The predicted octanol–water partition coefficient (Wildman–Crippen LogP) is 1.32. The summed E-state index contributed by atoms with van der Waals surface area (Å²) in [6, 6.07) is 1.90. The molecular formula is C14H21N5O. The minimum Gasteiger partial charge on any atom is -0.310 e. The van der Waals surface area contributed by atoms with Gasteiger partial charge in [0.25, 0.3) is 5.56 Å². The van der Waals surface area contributed by atoms with E-state index in [1.807, 2.05) is 30.8 Å². The third-order valence-corrected chi connectivity index (χ3v) is 3.27. The Morgan fingerprint density at radius 2 is 2.25 bits per heavy atom. The Morgan fingerprint density at radius 1 is 1.45 bits per heavy atom. The minimum absolute atomic E-state index is 0.00975. The quantitative estimate of drug-likeness (QED) is 0.780. The van der Waals surface area contributed by atoms with Gasteiger partial charge in [0, 0.05) is 30.7 Å². The maximum atomic E-state index is 12.0. The van der Waals surface area contributed by atoms with Crippen LogP contribution in [0.25, 0.3) is 0 Å². The number of aromatic nitrogens is 4. The Labute approximate surface area is 118 Å². The Bertz CT molecular complexity index is 603. The van der Waals surface area contributed by atoms with Crippen molar-refractivity contribution < 1.29 is 0 Å². The van der Waals surface area contributed by atoms with Gasteiger partial charge in [-0.1, -0.05) is 0 Å². The molecule has 0 aliphatic heterocycles. The van der Waals surface area contributed by atoms with Gasteiger partial charge in [-0.15, -0.1) is 0 Å². The largest absolute Gasteiger partial charge is 0.310 e. The van der Waals surface area contributed by atoms with Crippen LogP contribution in [0.5, 0.6) is 0 Å². The van der Waals surface area contributed by atoms with Crippen molar-refractivity contribution in [3.8, 4) is 0 Å². The molecular weight excluding hydrogens is 254 g/mol.